The lowest BCUT2D eigenvalue weighted by Gasteiger charge is -2.21. The van der Waals surface area contributed by atoms with Crippen LogP contribution >= 0.6 is 28.3 Å². The Morgan fingerprint density at radius 2 is 2.21 bits per heavy atom. The number of halogens is 2. The quantitative estimate of drug-likeness (QED) is 0.758. The van der Waals surface area contributed by atoms with Gasteiger partial charge in [-0.3, -0.25) is 4.79 Å². The van der Waals surface area contributed by atoms with Crippen molar-refractivity contribution in [2.24, 2.45) is 5.73 Å². The third-order valence-corrected chi connectivity index (χ3v) is 2.60. The van der Waals surface area contributed by atoms with Gasteiger partial charge in [-0.1, -0.05) is 22.0 Å². The standard InChI is InChI=1S/C9H9BrN2O.ClH/c10-6-2-1-5-3-7(11)9(13)12-8(5)4-6;/h1-2,4,7H,3,11H2,(H,12,13);1H. The molecule has 5 heteroatoms. The second kappa shape index (κ2) is 4.29. The summed E-state index contributed by atoms with van der Waals surface area (Å²) in [5, 5.41) is 2.76. The van der Waals surface area contributed by atoms with Gasteiger partial charge in [0.25, 0.3) is 0 Å². The van der Waals surface area contributed by atoms with E-state index in [0.717, 1.165) is 15.7 Å². The topological polar surface area (TPSA) is 55.1 Å². The van der Waals surface area contributed by atoms with Gasteiger partial charge in [-0.2, -0.15) is 0 Å². The molecule has 76 valence electrons. The van der Waals surface area contributed by atoms with E-state index in [1.54, 1.807) is 0 Å². The molecule has 1 heterocycles. The van der Waals surface area contributed by atoms with Crippen molar-refractivity contribution in [1.29, 1.82) is 0 Å². The van der Waals surface area contributed by atoms with Crippen molar-refractivity contribution in [2.75, 3.05) is 5.32 Å². The molecular weight excluding hydrogens is 267 g/mol. The molecule has 3 nitrogen and oxygen atoms in total. The van der Waals surface area contributed by atoms with E-state index < -0.39 is 6.04 Å². The number of amides is 1. The van der Waals surface area contributed by atoms with Crippen LogP contribution in [0.5, 0.6) is 0 Å². The molecule has 0 fully saturated rings. The fourth-order valence-corrected chi connectivity index (χ4v) is 1.76. The van der Waals surface area contributed by atoms with Crippen LogP contribution in [-0.4, -0.2) is 11.9 Å². The van der Waals surface area contributed by atoms with E-state index >= 15 is 0 Å². The highest BCUT2D eigenvalue weighted by atomic mass is 79.9. The fraction of sp³-hybridized carbons (Fsp3) is 0.222. The van der Waals surface area contributed by atoms with Gasteiger partial charge < -0.3 is 11.1 Å². The summed E-state index contributed by atoms with van der Waals surface area (Å²) < 4.78 is 0.960. The van der Waals surface area contributed by atoms with E-state index in [0.29, 0.717) is 6.42 Å². The molecule has 14 heavy (non-hydrogen) atoms. The molecule has 1 amide bonds. The van der Waals surface area contributed by atoms with Gasteiger partial charge in [-0.25, -0.2) is 0 Å². The molecule has 1 aliphatic heterocycles. The van der Waals surface area contributed by atoms with Crippen LogP contribution in [0, 0.1) is 0 Å². The number of nitrogens with one attached hydrogen (secondary N) is 1. The number of rotatable bonds is 0. The molecule has 0 saturated heterocycles. The molecule has 1 aromatic rings. The Balaban J connectivity index is 0.000000980. The van der Waals surface area contributed by atoms with Crippen LogP contribution in [0.1, 0.15) is 5.56 Å². The van der Waals surface area contributed by atoms with Crippen LogP contribution in [0.15, 0.2) is 22.7 Å². The highest BCUT2D eigenvalue weighted by molar-refractivity contribution is 9.10. The number of anilines is 1. The van der Waals surface area contributed by atoms with Gasteiger partial charge in [0, 0.05) is 10.2 Å². The summed E-state index contributed by atoms with van der Waals surface area (Å²) in [4.78, 5) is 11.2. The van der Waals surface area contributed by atoms with Crippen molar-refractivity contribution in [3.8, 4) is 0 Å². The van der Waals surface area contributed by atoms with Gasteiger partial charge in [0.15, 0.2) is 0 Å². The fourth-order valence-electron chi connectivity index (χ4n) is 1.40. The lowest BCUT2D eigenvalue weighted by molar-refractivity contribution is -0.117. The first-order chi connectivity index (χ1) is 6.16. The van der Waals surface area contributed by atoms with Crippen molar-refractivity contribution in [1.82, 2.24) is 0 Å². The molecule has 0 aromatic heterocycles. The van der Waals surface area contributed by atoms with E-state index in [-0.39, 0.29) is 18.3 Å². The smallest absolute Gasteiger partial charge is 0.241 e. The molecule has 1 atom stereocenters. The molecule has 1 aliphatic rings. The molecular formula is C9H10BrClN2O. The number of nitrogens with two attached hydrogens (primary N) is 1. The Morgan fingerprint density at radius 1 is 1.50 bits per heavy atom. The van der Waals surface area contributed by atoms with Gasteiger partial charge in [-0.15, -0.1) is 12.4 Å². The Bertz CT molecular complexity index is 370. The largest absolute Gasteiger partial charge is 0.324 e. The monoisotopic (exact) mass is 276 g/mol. The molecule has 3 N–H and O–H groups in total. The molecule has 0 bridgehead atoms. The summed E-state index contributed by atoms with van der Waals surface area (Å²) in [7, 11) is 0. The van der Waals surface area contributed by atoms with Crippen LogP contribution in [0.2, 0.25) is 0 Å². The Morgan fingerprint density at radius 3 is 2.93 bits per heavy atom. The van der Waals surface area contributed by atoms with Crippen molar-refractivity contribution in [3.63, 3.8) is 0 Å². The van der Waals surface area contributed by atoms with Gasteiger partial charge in [-0.05, 0) is 24.1 Å². The number of hydrogen-bond donors (Lipinski definition) is 2. The van der Waals surface area contributed by atoms with Crippen molar-refractivity contribution < 1.29 is 4.79 Å². The van der Waals surface area contributed by atoms with E-state index in [1.165, 1.54) is 0 Å². The molecule has 0 radical (unpaired) electrons. The lowest BCUT2D eigenvalue weighted by atomic mass is 10.00. The highest BCUT2D eigenvalue weighted by Gasteiger charge is 2.22. The van der Waals surface area contributed by atoms with E-state index in [2.05, 4.69) is 21.2 Å². The second-order valence-corrected chi connectivity index (χ2v) is 4.02. The summed E-state index contributed by atoms with van der Waals surface area (Å²) >= 11 is 3.34. The molecule has 0 saturated carbocycles. The zero-order valence-electron chi connectivity index (χ0n) is 7.29. The molecule has 0 aliphatic carbocycles. The number of hydrogen-bond acceptors (Lipinski definition) is 2. The summed E-state index contributed by atoms with van der Waals surface area (Å²) in [6.07, 6.45) is 0.619. The van der Waals surface area contributed by atoms with Crippen molar-refractivity contribution >= 4 is 39.9 Å². The number of carbonyl (C=O) groups excluding carboxylic acids is 1. The predicted octanol–water partition coefficient (Wildman–Crippen LogP) is 1.69. The normalized spacial score (nSPS) is 19.3. The maximum absolute atomic E-state index is 11.2. The minimum Gasteiger partial charge on any atom is -0.324 e. The summed E-state index contributed by atoms with van der Waals surface area (Å²) in [6.45, 7) is 0. The minimum atomic E-state index is -0.409. The van der Waals surface area contributed by atoms with Crippen LogP contribution < -0.4 is 11.1 Å². The maximum Gasteiger partial charge on any atom is 0.241 e. The first-order valence-electron chi connectivity index (χ1n) is 4.01. The highest BCUT2D eigenvalue weighted by Crippen LogP contribution is 2.25. The van der Waals surface area contributed by atoms with E-state index in [1.807, 2.05) is 18.2 Å². The SMILES string of the molecule is Cl.NC1Cc2ccc(Br)cc2NC1=O. The van der Waals surface area contributed by atoms with Gasteiger partial charge >= 0.3 is 0 Å². The van der Waals surface area contributed by atoms with Crippen LogP contribution in [0.4, 0.5) is 5.69 Å². The van der Waals surface area contributed by atoms with Crippen LogP contribution in [0.25, 0.3) is 0 Å². The number of carbonyl (C=O) groups is 1. The molecule has 1 aromatic carbocycles. The third kappa shape index (κ3) is 2.08. The first kappa shape index (κ1) is 11.5. The minimum absolute atomic E-state index is 0. The molecule has 0 spiro atoms. The van der Waals surface area contributed by atoms with E-state index in [4.69, 9.17) is 5.73 Å². The summed E-state index contributed by atoms with van der Waals surface area (Å²) in [5.74, 6) is -0.106. The zero-order valence-corrected chi connectivity index (χ0v) is 9.69. The van der Waals surface area contributed by atoms with Crippen LogP contribution in [-0.2, 0) is 11.2 Å². The van der Waals surface area contributed by atoms with Gasteiger partial charge in [0.1, 0.15) is 0 Å². The van der Waals surface area contributed by atoms with Crippen molar-refractivity contribution in [2.45, 2.75) is 12.5 Å². The maximum atomic E-state index is 11.2. The lowest BCUT2D eigenvalue weighted by Crippen LogP contribution is -2.40. The third-order valence-electron chi connectivity index (χ3n) is 2.11. The van der Waals surface area contributed by atoms with Crippen molar-refractivity contribution in [3.05, 3.63) is 28.2 Å². The Hall–Kier alpha value is -0.580. The second-order valence-electron chi connectivity index (χ2n) is 3.10. The number of benzene rings is 1. The zero-order chi connectivity index (χ0) is 9.42. The first-order valence-corrected chi connectivity index (χ1v) is 4.81. The van der Waals surface area contributed by atoms with Gasteiger partial charge in [0.05, 0.1) is 6.04 Å². The number of fused-ring (bicyclic) bond motifs is 1. The summed E-state index contributed by atoms with van der Waals surface area (Å²) in [5.41, 5.74) is 7.56. The average Bonchev–Trinajstić information content (AvgIpc) is 2.08. The molecule has 2 rings (SSSR count). The Kier molecular flexibility index (Phi) is 3.53. The molecule has 1 unspecified atom stereocenters. The van der Waals surface area contributed by atoms with E-state index in [9.17, 15) is 4.79 Å². The summed E-state index contributed by atoms with van der Waals surface area (Å²) in [6, 6.07) is 5.40. The van der Waals surface area contributed by atoms with Gasteiger partial charge in [0.2, 0.25) is 5.91 Å². The van der Waals surface area contributed by atoms with Crippen LogP contribution in [0.3, 0.4) is 0 Å². The predicted molar refractivity (Wildman–Crippen MR) is 61.7 cm³/mol. The Labute approximate surface area is 96.6 Å². The average molecular weight is 278 g/mol.